The summed E-state index contributed by atoms with van der Waals surface area (Å²) in [6, 6.07) is 14.1. The van der Waals surface area contributed by atoms with Gasteiger partial charge in [0.2, 0.25) is 5.91 Å². The first kappa shape index (κ1) is 17.5. The molecule has 1 aliphatic heterocycles. The Morgan fingerprint density at radius 3 is 2.44 bits per heavy atom. The zero-order chi connectivity index (χ0) is 17.8. The Bertz CT molecular complexity index is 759. The van der Waals surface area contributed by atoms with Gasteiger partial charge in [0.1, 0.15) is 12.3 Å². The Hall–Kier alpha value is -2.37. The topological polar surface area (TPSA) is 63.2 Å². The molecule has 0 spiro atoms. The van der Waals surface area contributed by atoms with E-state index >= 15 is 0 Å². The average Bonchev–Trinajstić information content (AvgIpc) is 2.89. The Labute approximate surface area is 151 Å². The minimum atomic E-state index is -0.394. The first-order chi connectivity index (χ1) is 12.1. The minimum absolute atomic E-state index is 0.175. The number of nitrogens with two attached hydrogens (primary N) is 1. The number of rotatable bonds is 6. The minimum Gasteiger partial charge on any atom is -0.494 e. The molecule has 2 amide bonds. The van der Waals surface area contributed by atoms with Crippen LogP contribution in [0.1, 0.15) is 18.9 Å². The van der Waals surface area contributed by atoms with Crippen LogP contribution in [0.5, 0.6) is 5.75 Å². The van der Waals surface area contributed by atoms with Crippen LogP contribution in [0, 0.1) is 0 Å². The van der Waals surface area contributed by atoms with Crippen LogP contribution >= 0.6 is 11.6 Å². The molecule has 1 saturated heterocycles. The van der Waals surface area contributed by atoms with Gasteiger partial charge >= 0.3 is 0 Å². The second-order valence-electron chi connectivity index (χ2n) is 5.87. The second kappa shape index (κ2) is 7.68. The van der Waals surface area contributed by atoms with Gasteiger partial charge in [-0.3, -0.25) is 9.59 Å². The van der Waals surface area contributed by atoms with Crippen LogP contribution < -0.4 is 15.0 Å². The predicted molar refractivity (Wildman–Crippen MR) is 95.6 cm³/mol. The van der Waals surface area contributed by atoms with Crippen molar-refractivity contribution in [2.75, 3.05) is 11.5 Å². The number of nitrogens with zero attached hydrogens (tertiary/aromatic N) is 1. The number of benzene rings is 2. The third-order valence-electron chi connectivity index (χ3n) is 4.14. The lowest BCUT2D eigenvalue weighted by molar-refractivity contribution is -0.690. The van der Waals surface area contributed by atoms with E-state index in [9.17, 15) is 9.59 Å². The number of ether oxygens (including phenoxy) is 1. The molecule has 0 radical (unpaired) electrons. The molecule has 0 bridgehead atoms. The number of hydrogen-bond acceptors (Lipinski definition) is 3. The van der Waals surface area contributed by atoms with Gasteiger partial charge in [-0.2, -0.15) is 0 Å². The Morgan fingerprint density at radius 2 is 1.80 bits per heavy atom. The summed E-state index contributed by atoms with van der Waals surface area (Å²) in [5.41, 5.74) is 1.64. The molecule has 1 fully saturated rings. The zero-order valence-corrected chi connectivity index (χ0v) is 14.7. The number of halogens is 1. The fourth-order valence-electron chi connectivity index (χ4n) is 2.87. The SMILES string of the molecule is CCOc1ccc(N2C(=O)C[C@H]([NH2+]Cc3ccc(Cl)cc3)C2=O)cc1. The van der Waals surface area contributed by atoms with E-state index in [0.717, 1.165) is 11.3 Å². The van der Waals surface area contributed by atoms with Crippen molar-refractivity contribution >= 4 is 29.1 Å². The standard InChI is InChI=1S/C19H19ClN2O3/c1-2-25-16-9-7-15(8-10-16)22-18(23)11-17(19(22)24)21-12-13-3-5-14(20)6-4-13/h3-10,17,21H,2,11-12H2,1H3/p+1/t17-/m0/s1. The Morgan fingerprint density at radius 1 is 1.12 bits per heavy atom. The summed E-state index contributed by atoms with van der Waals surface area (Å²) in [5, 5.41) is 2.58. The molecule has 2 aromatic rings. The van der Waals surface area contributed by atoms with Crippen molar-refractivity contribution in [3.8, 4) is 5.75 Å². The van der Waals surface area contributed by atoms with Crippen molar-refractivity contribution in [2.24, 2.45) is 0 Å². The first-order valence-corrected chi connectivity index (χ1v) is 8.63. The number of imide groups is 1. The number of quaternary nitrogens is 1. The van der Waals surface area contributed by atoms with E-state index in [1.165, 1.54) is 4.90 Å². The lowest BCUT2D eigenvalue weighted by atomic mass is 10.2. The normalized spacial score (nSPS) is 17.2. The lowest BCUT2D eigenvalue weighted by Crippen LogP contribution is -2.90. The third-order valence-corrected chi connectivity index (χ3v) is 4.39. The maximum Gasteiger partial charge on any atom is 0.292 e. The molecule has 6 heteroatoms. The van der Waals surface area contributed by atoms with Crippen molar-refractivity contribution in [3.63, 3.8) is 0 Å². The van der Waals surface area contributed by atoms with Crippen molar-refractivity contribution in [2.45, 2.75) is 25.9 Å². The van der Waals surface area contributed by atoms with E-state index in [1.54, 1.807) is 24.3 Å². The molecule has 0 aliphatic carbocycles. The molecule has 1 heterocycles. The number of amides is 2. The monoisotopic (exact) mass is 359 g/mol. The lowest BCUT2D eigenvalue weighted by Gasteiger charge is -2.15. The van der Waals surface area contributed by atoms with Crippen LogP contribution in [-0.4, -0.2) is 24.5 Å². The van der Waals surface area contributed by atoms with Gasteiger partial charge in [-0.1, -0.05) is 23.7 Å². The molecule has 5 nitrogen and oxygen atoms in total. The van der Waals surface area contributed by atoms with Crippen LogP contribution in [0.3, 0.4) is 0 Å². The fourth-order valence-corrected chi connectivity index (χ4v) is 2.99. The first-order valence-electron chi connectivity index (χ1n) is 8.26. The molecular formula is C19H20ClN2O3+. The van der Waals surface area contributed by atoms with Crippen molar-refractivity contribution in [1.82, 2.24) is 0 Å². The van der Waals surface area contributed by atoms with Gasteiger partial charge < -0.3 is 10.1 Å². The van der Waals surface area contributed by atoms with Crippen molar-refractivity contribution in [1.29, 1.82) is 0 Å². The maximum atomic E-state index is 12.6. The van der Waals surface area contributed by atoms with Crippen LogP contribution in [-0.2, 0) is 16.1 Å². The summed E-state index contributed by atoms with van der Waals surface area (Å²) in [5.74, 6) is 0.367. The summed E-state index contributed by atoms with van der Waals surface area (Å²) in [6.07, 6.45) is 0.208. The number of hydrogen-bond donors (Lipinski definition) is 1. The number of carbonyl (C=O) groups is 2. The van der Waals surface area contributed by atoms with Crippen LogP contribution in [0.2, 0.25) is 5.02 Å². The van der Waals surface area contributed by atoms with E-state index in [0.29, 0.717) is 23.9 Å². The summed E-state index contributed by atoms with van der Waals surface area (Å²) in [6.45, 7) is 3.10. The van der Waals surface area contributed by atoms with Crippen molar-refractivity contribution < 1.29 is 19.6 Å². The number of carbonyl (C=O) groups excluding carboxylic acids is 2. The van der Waals surface area contributed by atoms with E-state index < -0.39 is 6.04 Å². The molecule has 2 N–H and O–H groups in total. The van der Waals surface area contributed by atoms with E-state index in [4.69, 9.17) is 16.3 Å². The molecule has 0 saturated carbocycles. The van der Waals surface area contributed by atoms with Crippen LogP contribution in [0.15, 0.2) is 48.5 Å². The van der Waals surface area contributed by atoms with Gasteiger partial charge in [-0.15, -0.1) is 0 Å². The van der Waals surface area contributed by atoms with Gasteiger partial charge in [0.15, 0.2) is 6.04 Å². The summed E-state index contributed by atoms with van der Waals surface area (Å²) < 4.78 is 5.39. The average molecular weight is 360 g/mol. The molecule has 0 aromatic heterocycles. The van der Waals surface area contributed by atoms with Gasteiger partial charge in [0.25, 0.3) is 5.91 Å². The molecule has 1 atom stereocenters. The highest BCUT2D eigenvalue weighted by Gasteiger charge is 2.42. The Balaban J connectivity index is 1.66. The predicted octanol–water partition coefficient (Wildman–Crippen LogP) is 2.13. The zero-order valence-electron chi connectivity index (χ0n) is 13.9. The molecular weight excluding hydrogens is 340 g/mol. The summed E-state index contributed by atoms with van der Waals surface area (Å²) in [4.78, 5) is 26.2. The largest absolute Gasteiger partial charge is 0.494 e. The summed E-state index contributed by atoms with van der Waals surface area (Å²) >= 11 is 5.87. The van der Waals surface area contributed by atoms with Crippen LogP contribution in [0.25, 0.3) is 0 Å². The fraction of sp³-hybridized carbons (Fsp3) is 0.263. The summed E-state index contributed by atoms with van der Waals surface area (Å²) in [7, 11) is 0. The smallest absolute Gasteiger partial charge is 0.292 e. The van der Waals surface area contributed by atoms with Crippen molar-refractivity contribution in [3.05, 3.63) is 59.1 Å². The van der Waals surface area contributed by atoms with Crippen LogP contribution in [0.4, 0.5) is 5.69 Å². The van der Waals surface area contributed by atoms with E-state index in [1.807, 2.05) is 36.5 Å². The number of anilines is 1. The molecule has 1 aliphatic rings. The maximum absolute atomic E-state index is 12.6. The highest BCUT2D eigenvalue weighted by molar-refractivity contribution is 6.30. The quantitative estimate of drug-likeness (QED) is 0.804. The molecule has 130 valence electrons. The molecule has 0 unspecified atom stereocenters. The van der Waals surface area contributed by atoms with Gasteiger partial charge in [-0.25, -0.2) is 4.90 Å². The van der Waals surface area contributed by atoms with E-state index in [-0.39, 0.29) is 18.2 Å². The van der Waals surface area contributed by atoms with Gasteiger partial charge in [-0.05, 0) is 43.3 Å². The molecule has 2 aromatic carbocycles. The Kier molecular flexibility index (Phi) is 5.36. The molecule has 3 rings (SSSR count). The highest BCUT2D eigenvalue weighted by atomic mass is 35.5. The third kappa shape index (κ3) is 4.00. The molecule has 25 heavy (non-hydrogen) atoms. The van der Waals surface area contributed by atoms with Gasteiger partial charge in [0, 0.05) is 10.6 Å². The second-order valence-corrected chi connectivity index (χ2v) is 6.31. The van der Waals surface area contributed by atoms with E-state index in [2.05, 4.69) is 0 Å². The van der Waals surface area contributed by atoms with Gasteiger partial charge in [0.05, 0.1) is 18.7 Å². The highest BCUT2D eigenvalue weighted by Crippen LogP contribution is 2.24.